The van der Waals surface area contributed by atoms with Crippen LogP contribution in [0.2, 0.25) is 0 Å². The van der Waals surface area contributed by atoms with E-state index < -0.39 is 0 Å². The number of halogens is 1. The van der Waals surface area contributed by atoms with Crippen molar-refractivity contribution in [2.75, 3.05) is 0 Å². The second-order valence-electron chi connectivity index (χ2n) is 6.40. The van der Waals surface area contributed by atoms with Gasteiger partial charge in [-0.2, -0.15) is 0 Å². The molecule has 0 bridgehead atoms. The SMILES string of the molecule is CCCCCCC(CCCCCC)Cc1ccc(Br)cc1. The van der Waals surface area contributed by atoms with Gasteiger partial charge in [0.15, 0.2) is 0 Å². The first-order valence-corrected chi connectivity index (χ1v) is 9.80. The summed E-state index contributed by atoms with van der Waals surface area (Å²) in [5, 5.41) is 0. The first kappa shape index (κ1) is 18.7. The first-order chi connectivity index (χ1) is 10.3. The lowest BCUT2D eigenvalue weighted by Crippen LogP contribution is -2.05. The second-order valence-corrected chi connectivity index (χ2v) is 7.31. The summed E-state index contributed by atoms with van der Waals surface area (Å²) in [5.74, 6) is 0.889. The van der Waals surface area contributed by atoms with Crippen LogP contribution >= 0.6 is 15.9 Å². The molecule has 0 unspecified atom stereocenters. The lowest BCUT2D eigenvalue weighted by atomic mass is 9.89. The van der Waals surface area contributed by atoms with E-state index in [2.05, 4.69) is 54.0 Å². The van der Waals surface area contributed by atoms with Gasteiger partial charge in [-0.05, 0) is 30.0 Å². The van der Waals surface area contributed by atoms with Crippen molar-refractivity contribution in [2.24, 2.45) is 5.92 Å². The van der Waals surface area contributed by atoms with Crippen molar-refractivity contribution >= 4 is 15.9 Å². The van der Waals surface area contributed by atoms with Gasteiger partial charge in [-0.15, -0.1) is 0 Å². The van der Waals surface area contributed by atoms with Gasteiger partial charge in [0.25, 0.3) is 0 Å². The highest BCUT2D eigenvalue weighted by Crippen LogP contribution is 2.23. The number of unbranched alkanes of at least 4 members (excludes halogenated alkanes) is 6. The molecule has 0 aromatic heterocycles. The van der Waals surface area contributed by atoms with E-state index in [0.717, 1.165) is 5.92 Å². The third-order valence-corrected chi connectivity index (χ3v) is 4.90. The molecular formula is C20H33Br. The molecule has 1 rings (SSSR count). The zero-order valence-electron chi connectivity index (χ0n) is 14.0. The van der Waals surface area contributed by atoms with E-state index in [4.69, 9.17) is 0 Å². The average molecular weight is 353 g/mol. The van der Waals surface area contributed by atoms with Crippen LogP contribution in [0.25, 0.3) is 0 Å². The number of hydrogen-bond donors (Lipinski definition) is 0. The quantitative estimate of drug-likeness (QED) is 0.340. The summed E-state index contributed by atoms with van der Waals surface area (Å²) < 4.78 is 1.19. The molecule has 0 saturated heterocycles. The van der Waals surface area contributed by atoms with Crippen molar-refractivity contribution in [3.05, 3.63) is 34.3 Å². The highest BCUT2D eigenvalue weighted by molar-refractivity contribution is 9.10. The van der Waals surface area contributed by atoms with Crippen LogP contribution in [0, 0.1) is 5.92 Å². The minimum atomic E-state index is 0.889. The van der Waals surface area contributed by atoms with E-state index in [1.807, 2.05) is 0 Å². The van der Waals surface area contributed by atoms with Crippen LogP contribution < -0.4 is 0 Å². The molecule has 0 heterocycles. The minimum Gasteiger partial charge on any atom is -0.0654 e. The van der Waals surface area contributed by atoms with Crippen LogP contribution in [0.15, 0.2) is 28.7 Å². The zero-order valence-corrected chi connectivity index (χ0v) is 15.6. The molecule has 0 aliphatic carbocycles. The van der Waals surface area contributed by atoms with Gasteiger partial charge in [0, 0.05) is 4.47 Å². The topological polar surface area (TPSA) is 0 Å². The molecule has 0 atom stereocenters. The van der Waals surface area contributed by atoms with Crippen LogP contribution in [0.1, 0.15) is 83.6 Å². The van der Waals surface area contributed by atoms with Crippen LogP contribution in [-0.2, 0) is 6.42 Å². The average Bonchev–Trinajstić information content (AvgIpc) is 2.50. The Hall–Kier alpha value is -0.300. The second kappa shape index (κ2) is 12.3. The summed E-state index contributed by atoms with van der Waals surface area (Å²) in [4.78, 5) is 0. The van der Waals surface area contributed by atoms with Gasteiger partial charge < -0.3 is 0 Å². The van der Waals surface area contributed by atoms with Gasteiger partial charge in [-0.1, -0.05) is 106 Å². The molecule has 120 valence electrons. The van der Waals surface area contributed by atoms with Gasteiger partial charge in [-0.25, -0.2) is 0 Å². The first-order valence-electron chi connectivity index (χ1n) is 9.00. The van der Waals surface area contributed by atoms with Crippen molar-refractivity contribution < 1.29 is 0 Å². The summed E-state index contributed by atoms with van der Waals surface area (Å²) >= 11 is 3.53. The number of hydrogen-bond acceptors (Lipinski definition) is 0. The lowest BCUT2D eigenvalue weighted by Gasteiger charge is -2.17. The predicted octanol–water partition coefficient (Wildman–Crippen LogP) is 7.55. The summed E-state index contributed by atoms with van der Waals surface area (Å²) in [5.41, 5.74) is 1.51. The molecular weight excluding hydrogens is 320 g/mol. The Bertz CT molecular complexity index is 329. The maximum Gasteiger partial charge on any atom is 0.0175 e. The van der Waals surface area contributed by atoms with Crippen molar-refractivity contribution in [3.8, 4) is 0 Å². The lowest BCUT2D eigenvalue weighted by molar-refractivity contribution is 0.404. The Morgan fingerprint density at radius 1 is 0.762 bits per heavy atom. The van der Waals surface area contributed by atoms with Crippen LogP contribution in [0.3, 0.4) is 0 Å². The molecule has 1 aromatic carbocycles. The molecule has 1 heteroatoms. The Kier molecular flexibility index (Phi) is 10.9. The molecule has 0 nitrogen and oxygen atoms in total. The highest BCUT2D eigenvalue weighted by Gasteiger charge is 2.09. The molecule has 0 N–H and O–H groups in total. The van der Waals surface area contributed by atoms with E-state index in [9.17, 15) is 0 Å². The van der Waals surface area contributed by atoms with Gasteiger partial charge >= 0.3 is 0 Å². The summed E-state index contributed by atoms with van der Waals surface area (Å²) in [6.45, 7) is 4.59. The Labute approximate surface area is 140 Å². The fourth-order valence-electron chi connectivity index (χ4n) is 3.02. The summed E-state index contributed by atoms with van der Waals surface area (Å²) in [6, 6.07) is 8.94. The van der Waals surface area contributed by atoms with Gasteiger partial charge in [0.05, 0.1) is 0 Å². The fourth-order valence-corrected chi connectivity index (χ4v) is 3.29. The Morgan fingerprint density at radius 2 is 1.29 bits per heavy atom. The van der Waals surface area contributed by atoms with Crippen LogP contribution in [0.5, 0.6) is 0 Å². The minimum absolute atomic E-state index is 0.889. The zero-order chi connectivity index (χ0) is 15.3. The van der Waals surface area contributed by atoms with E-state index in [0.29, 0.717) is 0 Å². The molecule has 0 amide bonds. The van der Waals surface area contributed by atoms with Crippen LogP contribution in [0.4, 0.5) is 0 Å². The molecule has 21 heavy (non-hydrogen) atoms. The number of benzene rings is 1. The third-order valence-electron chi connectivity index (χ3n) is 4.37. The predicted molar refractivity (Wildman–Crippen MR) is 98.9 cm³/mol. The van der Waals surface area contributed by atoms with E-state index >= 15 is 0 Å². The fraction of sp³-hybridized carbons (Fsp3) is 0.700. The molecule has 0 radical (unpaired) electrons. The highest BCUT2D eigenvalue weighted by atomic mass is 79.9. The van der Waals surface area contributed by atoms with Crippen LogP contribution in [-0.4, -0.2) is 0 Å². The molecule has 0 fully saturated rings. The normalized spacial score (nSPS) is 11.2. The van der Waals surface area contributed by atoms with Crippen molar-refractivity contribution in [1.29, 1.82) is 0 Å². The van der Waals surface area contributed by atoms with E-state index in [-0.39, 0.29) is 0 Å². The largest absolute Gasteiger partial charge is 0.0654 e. The van der Waals surface area contributed by atoms with Gasteiger partial charge in [-0.3, -0.25) is 0 Å². The van der Waals surface area contributed by atoms with Gasteiger partial charge in [0.2, 0.25) is 0 Å². The van der Waals surface area contributed by atoms with E-state index in [1.165, 1.54) is 80.7 Å². The van der Waals surface area contributed by atoms with Crippen molar-refractivity contribution in [2.45, 2.75) is 84.5 Å². The molecule has 0 saturated carbocycles. The van der Waals surface area contributed by atoms with E-state index in [1.54, 1.807) is 0 Å². The molecule has 0 spiro atoms. The van der Waals surface area contributed by atoms with Crippen molar-refractivity contribution in [1.82, 2.24) is 0 Å². The summed E-state index contributed by atoms with van der Waals surface area (Å²) in [7, 11) is 0. The monoisotopic (exact) mass is 352 g/mol. The smallest absolute Gasteiger partial charge is 0.0175 e. The Morgan fingerprint density at radius 3 is 1.76 bits per heavy atom. The summed E-state index contributed by atoms with van der Waals surface area (Å²) in [6.07, 6.45) is 15.3. The molecule has 1 aromatic rings. The maximum atomic E-state index is 3.53. The van der Waals surface area contributed by atoms with Gasteiger partial charge in [0.1, 0.15) is 0 Å². The molecule has 0 aliphatic heterocycles. The maximum absolute atomic E-state index is 3.53. The van der Waals surface area contributed by atoms with Crippen molar-refractivity contribution in [3.63, 3.8) is 0 Å². The standard InChI is InChI=1S/C20H33Br/c1-3-5-7-9-11-18(12-10-8-6-4-2)17-19-13-15-20(21)16-14-19/h13-16,18H,3-12,17H2,1-2H3. The Balaban J connectivity index is 2.39. The molecule has 0 aliphatic rings. The third kappa shape index (κ3) is 9.34. The number of rotatable bonds is 12.